The summed E-state index contributed by atoms with van der Waals surface area (Å²) in [6.45, 7) is 10.4. The Hall–Kier alpha value is -0.0800. The Bertz CT molecular complexity index is 120. The zero-order chi connectivity index (χ0) is 9.57. The van der Waals surface area contributed by atoms with Crippen LogP contribution < -0.4 is 0 Å². The Morgan fingerprint density at radius 3 is 1.57 bits per heavy atom. The van der Waals surface area contributed by atoms with E-state index in [1.165, 1.54) is 69.2 Å². The highest BCUT2D eigenvalue weighted by molar-refractivity contribution is 4.53. The van der Waals surface area contributed by atoms with Crippen molar-refractivity contribution in [2.45, 2.75) is 52.4 Å². The van der Waals surface area contributed by atoms with Crippen molar-refractivity contribution in [1.29, 1.82) is 0 Å². The largest absolute Gasteiger partial charge is 0.870 e. The van der Waals surface area contributed by atoms with Gasteiger partial charge in [-0.05, 0) is 38.5 Å². The zero-order valence-corrected chi connectivity index (χ0v) is 9.97. The average Bonchev–Trinajstić information content (AvgIpc) is 2.32. The van der Waals surface area contributed by atoms with Crippen LogP contribution in [0.25, 0.3) is 0 Å². The minimum atomic E-state index is 0. The van der Waals surface area contributed by atoms with Crippen molar-refractivity contribution < 1.29 is 9.96 Å². The van der Waals surface area contributed by atoms with E-state index in [9.17, 15) is 0 Å². The van der Waals surface area contributed by atoms with E-state index in [0.29, 0.717) is 0 Å². The molecule has 1 N–H and O–H groups in total. The van der Waals surface area contributed by atoms with Crippen LogP contribution in [0.1, 0.15) is 52.4 Å². The molecule has 2 heteroatoms. The molecule has 2 nitrogen and oxygen atoms in total. The van der Waals surface area contributed by atoms with Crippen LogP contribution in [-0.2, 0) is 0 Å². The number of nitrogens with zero attached hydrogens (tertiary/aromatic N) is 1. The molecule has 14 heavy (non-hydrogen) atoms. The molecular formula is C12H27NO. The summed E-state index contributed by atoms with van der Waals surface area (Å²) in [5.74, 6) is 0. The molecule has 0 atom stereocenters. The first-order valence-corrected chi connectivity index (χ1v) is 6.18. The van der Waals surface area contributed by atoms with E-state index in [2.05, 4.69) is 13.8 Å². The maximum absolute atomic E-state index is 2.33. The fourth-order valence-corrected chi connectivity index (χ4v) is 2.87. The van der Waals surface area contributed by atoms with Gasteiger partial charge in [0.1, 0.15) is 0 Å². The summed E-state index contributed by atoms with van der Waals surface area (Å²) in [5, 5.41) is 0. The van der Waals surface area contributed by atoms with Gasteiger partial charge in [0.2, 0.25) is 0 Å². The second-order valence-electron chi connectivity index (χ2n) is 4.65. The average molecular weight is 201 g/mol. The molecule has 0 aliphatic carbocycles. The van der Waals surface area contributed by atoms with Gasteiger partial charge in [0.15, 0.2) is 0 Å². The smallest absolute Gasteiger partial charge is 0.0786 e. The van der Waals surface area contributed by atoms with Gasteiger partial charge in [0, 0.05) is 0 Å². The van der Waals surface area contributed by atoms with Crippen LogP contribution in [0, 0.1) is 0 Å². The molecule has 0 aromatic heterocycles. The molecule has 0 aromatic rings. The number of hydrogen-bond acceptors (Lipinski definition) is 1. The van der Waals surface area contributed by atoms with Crippen LogP contribution in [-0.4, -0.2) is 36.1 Å². The quantitative estimate of drug-likeness (QED) is 0.643. The van der Waals surface area contributed by atoms with Crippen LogP contribution in [0.5, 0.6) is 0 Å². The summed E-state index contributed by atoms with van der Waals surface area (Å²) >= 11 is 0. The summed E-state index contributed by atoms with van der Waals surface area (Å²) in [7, 11) is 0. The maximum Gasteiger partial charge on any atom is 0.0786 e. The number of rotatable bonds is 4. The van der Waals surface area contributed by atoms with E-state index in [0.717, 1.165) is 0 Å². The molecule has 0 amide bonds. The first-order chi connectivity index (χ1) is 6.33. The van der Waals surface area contributed by atoms with E-state index in [1.54, 1.807) is 0 Å². The van der Waals surface area contributed by atoms with Crippen LogP contribution in [0.2, 0.25) is 0 Å². The predicted molar refractivity (Wildman–Crippen MR) is 60.7 cm³/mol. The lowest BCUT2D eigenvalue weighted by atomic mass is 10.2. The predicted octanol–water partition coefficient (Wildman–Crippen LogP) is 3.02. The van der Waals surface area contributed by atoms with E-state index in [4.69, 9.17) is 0 Å². The summed E-state index contributed by atoms with van der Waals surface area (Å²) in [6.07, 6.45) is 8.63. The number of quaternary nitrogens is 1. The second-order valence-corrected chi connectivity index (χ2v) is 4.65. The lowest BCUT2D eigenvalue weighted by Crippen LogP contribution is -2.49. The van der Waals surface area contributed by atoms with Crippen molar-refractivity contribution in [1.82, 2.24) is 0 Å². The highest BCUT2D eigenvalue weighted by atomic mass is 16.0. The fraction of sp³-hybridized carbons (Fsp3) is 1.00. The van der Waals surface area contributed by atoms with Gasteiger partial charge < -0.3 is 9.96 Å². The normalized spacial score (nSPS) is 21.0. The number of hydrogen-bond donors (Lipinski definition) is 0. The van der Waals surface area contributed by atoms with Gasteiger partial charge >= 0.3 is 0 Å². The van der Waals surface area contributed by atoms with E-state index < -0.39 is 0 Å². The van der Waals surface area contributed by atoms with Crippen molar-refractivity contribution in [3.63, 3.8) is 0 Å². The van der Waals surface area contributed by atoms with Gasteiger partial charge in [-0.15, -0.1) is 0 Å². The van der Waals surface area contributed by atoms with Gasteiger partial charge in [-0.2, -0.15) is 0 Å². The van der Waals surface area contributed by atoms with Gasteiger partial charge in [0.05, 0.1) is 26.2 Å². The highest BCUT2D eigenvalue weighted by Gasteiger charge is 2.26. The third kappa shape index (κ3) is 3.97. The van der Waals surface area contributed by atoms with Crippen molar-refractivity contribution in [2.75, 3.05) is 26.2 Å². The van der Waals surface area contributed by atoms with Gasteiger partial charge in [-0.1, -0.05) is 13.8 Å². The second kappa shape index (κ2) is 7.24. The lowest BCUT2D eigenvalue weighted by molar-refractivity contribution is -0.927. The van der Waals surface area contributed by atoms with Crippen LogP contribution >= 0.6 is 0 Å². The molecule has 1 aliphatic rings. The minimum absolute atomic E-state index is 0. The number of likely N-dealkylation sites (tertiary alicyclic amines) is 1. The van der Waals surface area contributed by atoms with Crippen molar-refractivity contribution in [3.8, 4) is 0 Å². The Kier molecular flexibility index (Phi) is 7.20. The molecule has 1 fully saturated rings. The Labute approximate surface area is 89.2 Å². The van der Waals surface area contributed by atoms with Crippen molar-refractivity contribution in [2.24, 2.45) is 0 Å². The molecule has 0 unspecified atom stereocenters. The molecule has 0 radical (unpaired) electrons. The monoisotopic (exact) mass is 201 g/mol. The Morgan fingerprint density at radius 2 is 1.21 bits per heavy atom. The molecule has 0 bridgehead atoms. The maximum atomic E-state index is 2.33. The Balaban J connectivity index is 0.00000169. The Morgan fingerprint density at radius 1 is 0.786 bits per heavy atom. The molecule has 0 saturated carbocycles. The first kappa shape index (κ1) is 13.9. The van der Waals surface area contributed by atoms with E-state index in [-0.39, 0.29) is 5.48 Å². The van der Waals surface area contributed by atoms with Crippen molar-refractivity contribution >= 4 is 0 Å². The summed E-state index contributed by atoms with van der Waals surface area (Å²) in [4.78, 5) is 0. The molecule has 1 aliphatic heterocycles. The third-order valence-electron chi connectivity index (χ3n) is 3.41. The molecule has 86 valence electrons. The molecule has 0 aromatic carbocycles. The van der Waals surface area contributed by atoms with Gasteiger partial charge in [0.25, 0.3) is 0 Å². The summed E-state index contributed by atoms with van der Waals surface area (Å²) < 4.78 is 1.44. The molecule has 1 heterocycles. The molecular weight excluding hydrogens is 174 g/mol. The molecule has 1 saturated heterocycles. The minimum Gasteiger partial charge on any atom is -0.870 e. The van der Waals surface area contributed by atoms with Gasteiger partial charge in [-0.3, -0.25) is 0 Å². The fourth-order valence-electron chi connectivity index (χ4n) is 2.87. The van der Waals surface area contributed by atoms with Gasteiger partial charge in [-0.25, -0.2) is 0 Å². The zero-order valence-electron chi connectivity index (χ0n) is 9.97. The van der Waals surface area contributed by atoms with Crippen LogP contribution in [0.15, 0.2) is 0 Å². The molecule has 1 rings (SSSR count). The lowest BCUT2D eigenvalue weighted by Gasteiger charge is -2.37. The summed E-state index contributed by atoms with van der Waals surface area (Å²) in [6, 6.07) is 0. The van der Waals surface area contributed by atoms with E-state index in [1.807, 2.05) is 0 Å². The van der Waals surface area contributed by atoms with E-state index >= 15 is 0 Å². The highest BCUT2D eigenvalue weighted by Crippen LogP contribution is 2.19. The first-order valence-electron chi connectivity index (χ1n) is 6.18. The third-order valence-corrected chi connectivity index (χ3v) is 3.41. The van der Waals surface area contributed by atoms with Crippen LogP contribution in [0.3, 0.4) is 0 Å². The SMILES string of the molecule is CCC[N+]1(CCC)CCCCCC1.[OH-]. The summed E-state index contributed by atoms with van der Waals surface area (Å²) in [5.41, 5.74) is 0. The molecule has 0 spiro atoms. The van der Waals surface area contributed by atoms with Crippen LogP contribution in [0.4, 0.5) is 0 Å². The topological polar surface area (TPSA) is 30.0 Å². The van der Waals surface area contributed by atoms with Crippen molar-refractivity contribution in [3.05, 3.63) is 0 Å². The standard InChI is InChI=1S/C12H26N.H2O/c1-3-9-13(10-4-2)11-7-5-6-8-12-13;/h3-12H2,1-2H3;1H2/q+1;/p-1.